The van der Waals surface area contributed by atoms with Gasteiger partial charge in [-0.1, -0.05) is 24.3 Å². The molecule has 1 N–H and O–H groups in total. The molecular formula is C14H13NOS. The maximum atomic E-state index is 12.0. The molecule has 2 nitrogen and oxygen atoms in total. The van der Waals surface area contributed by atoms with E-state index in [-0.39, 0.29) is 5.91 Å². The van der Waals surface area contributed by atoms with Gasteiger partial charge in [0, 0.05) is 16.1 Å². The van der Waals surface area contributed by atoms with Crippen LogP contribution in [0.2, 0.25) is 0 Å². The summed E-state index contributed by atoms with van der Waals surface area (Å²) in [5.41, 5.74) is 2.49. The molecule has 86 valence electrons. The molecular weight excluding hydrogens is 230 g/mol. The van der Waals surface area contributed by atoms with E-state index in [1.165, 1.54) is 0 Å². The van der Waals surface area contributed by atoms with E-state index in [0.29, 0.717) is 5.56 Å². The maximum Gasteiger partial charge on any atom is 0.255 e. The summed E-state index contributed by atoms with van der Waals surface area (Å²) in [5, 5.41) is 2.88. The van der Waals surface area contributed by atoms with E-state index in [0.717, 1.165) is 16.1 Å². The molecule has 0 fully saturated rings. The van der Waals surface area contributed by atoms with Crippen LogP contribution in [-0.2, 0) is 0 Å². The molecule has 0 atom stereocenters. The first-order valence-electron chi connectivity index (χ1n) is 5.33. The third-order valence-electron chi connectivity index (χ3n) is 2.50. The van der Waals surface area contributed by atoms with Crippen molar-refractivity contribution in [3.8, 4) is 0 Å². The first-order valence-corrected chi connectivity index (χ1v) is 5.77. The largest absolute Gasteiger partial charge is 0.322 e. The highest BCUT2D eigenvalue weighted by Gasteiger charge is 2.06. The van der Waals surface area contributed by atoms with Crippen LogP contribution < -0.4 is 5.32 Å². The minimum absolute atomic E-state index is 0.116. The molecule has 0 unspecified atom stereocenters. The fourth-order valence-electron chi connectivity index (χ4n) is 1.55. The molecule has 3 heteroatoms. The minimum Gasteiger partial charge on any atom is -0.322 e. The number of amides is 1. The number of carbonyl (C=O) groups is 1. The number of aryl methyl sites for hydroxylation is 1. The second-order valence-corrected chi connectivity index (χ2v) is 4.34. The fourth-order valence-corrected chi connectivity index (χ4v) is 1.78. The summed E-state index contributed by atoms with van der Waals surface area (Å²) in [4.78, 5) is 12.8. The number of thiol groups is 1. The summed E-state index contributed by atoms with van der Waals surface area (Å²) in [6, 6.07) is 14.9. The van der Waals surface area contributed by atoms with E-state index in [1.54, 1.807) is 12.1 Å². The van der Waals surface area contributed by atoms with Crippen LogP contribution in [0.15, 0.2) is 53.4 Å². The highest BCUT2D eigenvalue weighted by Crippen LogP contribution is 2.15. The molecule has 1 amide bonds. The van der Waals surface area contributed by atoms with Gasteiger partial charge >= 0.3 is 0 Å². The molecule has 0 aliphatic carbocycles. The van der Waals surface area contributed by atoms with Crippen molar-refractivity contribution in [1.82, 2.24) is 0 Å². The first-order chi connectivity index (χ1) is 8.16. The number of rotatable bonds is 2. The lowest BCUT2D eigenvalue weighted by atomic mass is 10.1. The van der Waals surface area contributed by atoms with Gasteiger partial charge in [-0.15, -0.1) is 12.6 Å². The van der Waals surface area contributed by atoms with Gasteiger partial charge in [-0.05, 0) is 36.8 Å². The first kappa shape index (κ1) is 11.7. The molecule has 2 rings (SSSR count). The highest BCUT2D eigenvalue weighted by atomic mass is 32.1. The van der Waals surface area contributed by atoms with Gasteiger partial charge in [0.05, 0.1) is 0 Å². The molecule has 0 aliphatic rings. The minimum atomic E-state index is -0.116. The third kappa shape index (κ3) is 2.88. The molecule has 0 aromatic heterocycles. The molecule has 0 bridgehead atoms. The zero-order valence-corrected chi connectivity index (χ0v) is 10.4. The molecule has 2 aromatic carbocycles. The zero-order valence-electron chi connectivity index (χ0n) is 9.47. The van der Waals surface area contributed by atoms with Gasteiger partial charge in [0.1, 0.15) is 0 Å². The van der Waals surface area contributed by atoms with Gasteiger partial charge in [-0.3, -0.25) is 4.79 Å². The zero-order chi connectivity index (χ0) is 12.3. The van der Waals surface area contributed by atoms with Crippen molar-refractivity contribution in [2.24, 2.45) is 0 Å². The van der Waals surface area contributed by atoms with E-state index in [2.05, 4.69) is 17.9 Å². The number of carbonyl (C=O) groups excluding carboxylic acids is 1. The van der Waals surface area contributed by atoms with Crippen molar-refractivity contribution < 1.29 is 4.79 Å². The maximum absolute atomic E-state index is 12.0. The Balaban J connectivity index is 2.20. The van der Waals surface area contributed by atoms with Gasteiger partial charge in [-0.25, -0.2) is 0 Å². The Morgan fingerprint density at radius 3 is 2.59 bits per heavy atom. The van der Waals surface area contributed by atoms with Gasteiger partial charge < -0.3 is 5.32 Å². The smallest absolute Gasteiger partial charge is 0.255 e. The summed E-state index contributed by atoms with van der Waals surface area (Å²) in [5.74, 6) is -0.116. The van der Waals surface area contributed by atoms with Crippen LogP contribution in [-0.4, -0.2) is 5.91 Å². The average molecular weight is 243 g/mol. The Bertz CT molecular complexity index is 551. The van der Waals surface area contributed by atoms with Gasteiger partial charge in [0.25, 0.3) is 5.91 Å². The number of benzene rings is 2. The summed E-state index contributed by atoms with van der Waals surface area (Å²) in [6.45, 7) is 1.96. The van der Waals surface area contributed by atoms with Crippen LogP contribution >= 0.6 is 12.6 Å². The van der Waals surface area contributed by atoms with E-state index in [4.69, 9.17) is 0 Å². The predicted molar refractivity (Wildman–Crippen MR) is 72.8 cm³/mol. The average Bonchev–Trinajstić information content (AvgIpc) is 2.32. The van der Waals surface area contributed by atoms with Gasteiger partial charge in [0.15, 0.2) is 0 Å². The monoisotopic (exact) mass is 243 g/mol. The normalized spacial score (nSPS) is 10.0. The highest BCUT2D eigenvalue weighted by molar-refractivity contribution is 7.80. The van der Waals surface area contributed by atoms with E-state index in [9.17, 15) is 4.79 Å². The van der Waals surface area contributed by atoms with E-state index in [1.807, 2.05) is 43.3 Å². The molecule has 0 aliphatic heterocycles. The lowest BCUT2D eigenvalue weighted by Gasteiger charge is -2.08. The quantitative estimate of drug-likeness (QED) is 0.776. The van der Waals surface area contributed by atoms with Gasteiger partial charge in [0.2, 0.25) is 0 Å². The summed E-state index contributed by atoms with van der Waals surface area (Å²) in [7, 11) is 0. The summed E-state index contributed by atoms with van der Waals surface area (Å²) in [6.07, 6.45) is 0. The van der Waals surface area contributed by atoms with Crippen LogP contribution in [0.4, 0.5) is 5.69 Å². The molecule has 2 aromatic rings. The molecule has 0 saturated carbocycles. The Morgan fingerprint density at radius 1 is 1.12 bits per heavy atom. The Hall–Kier alpha value is -1.74. The topological polar surface area (TPSA) is 29.1 Å². The van der Waals surface area contributed by atoms with Crippen LogP contribution in [0, 0.1) is 6.92 Å². The standard InChI is InChI=1S/C14H13NOS/c1-10-5-2-3-8-13(10)15-14(16)11-6-4-7-12(17)9-11/h2-9,17H,1H3,(H,15,16). The van der Waals surface area contributed by atoms with Crippen LogP contribution in [0.5, 0.6) is 0 Å². The van der Waals surface area contributed by atoms with Crippen LogP contribution in [0.3, 0.4) is 0 Å². The molecule has 0 heterocycles. The molecule has 0 spiro atoms. The fraction of sp³-hybridized carbons (Fsp3) is 0.0714. The van der Waals surface area contributed by atoms with Crippen molar-refractivity contribution in [3.63, 3.8) is 0 Å². The predicted octanol–water partition coefficient (Wildman–Crippen LogP) is 3.54. The summed E-state index contributed by atoms with van der Waals surface area (Å²) >= 11 is 4.22. The Labute approximate surface area is 106 Å². The third-order valence-corrected chi connectivity index (χ3v) is 2.78. The number of hydrogen-bond donors (Lipinski definition) is 2. The van der Waals surface area contributed by atoms with Crippen molar-refractivity contribution in [2.45, 2.75) is 11.8 Å². The second kappa shape index (κ2) is 5.06. The number of para-hydroxylation sites is 1. The molecule has 17 heavy (non-hydrogen) atoms. The molecule has 0 saturated heterocycles. The van der Waals surface area contributed by atoms with Crippen molar-refractivity contribution in [1.29, 1.82) is 0 Å². The van der Waals surface area contributed by atoms with Crippen molar-refractivity contribution in [3.05, 3.63) is 59.7 Å². The van der Waals surface area contributed by atoms with Crippen molar-refractivity contribution in [2.75, 3.05) is 5.32 Å². The van der Waals surface area contributed by atoms with Gasteiger partial charge in [-0.2, -0.15) is 0 Å². The lowest BCUT2D eigenvalue weighted by Crippen LogP contribution is -2.12. The SMILES string of the molecule is Cc1ccccc1NC(=O)c1cccc(S)c1. The second-order valence-electron chi connectivity index (χ2n) is 3.82. The van der Waals surface area contributed by atoms with Crippen LogP contribution in [0.1, 0.15) is 15.9 Å². The number of hydrogen-bond acceptors (Lipinski definition) is 2. The number of nitrogens with one attached hydrogen (secondary N) is 1. The van der Waals surface area contributed by atoms with Crippen LogP contribution in [0.25, 0.3) is 0 Å². The van der Waals surface area contributed by atoms with E-state index < -0.39 is 0 Å². The Kier molecular flexibility index (Phi) is 3.49. The summed E-state index contributed by atoms with van der Waals surface area (Å²) < 4.78 is 0. The Morgan fingerprint density at radius 2 is 1.88 bits per heavy atom. The molecule has 0 radical (unpaired) electrons. The van der Waals surface area contributed by atoms with E-state index >= 15 is 0 Å². The van der Waals surface area contributed by atoms with Crippen molar-refractivity contribution >= 4 is 24.2 Å². The lowest BCUT2D eigenvalue weighted by molar-refractivity contribution is 0.102. The number of anilines is 1.